The van der Waals surface area contributed by atoms with Gasteiger partial charge in [0.1, 0.15) is 22.8 Å². The monoisotopic (exact) mass is 358 g/mol. The molecule has 0 saturated carbocycles. The first kappa shape index (κ1) is 18.2. The maximum Gasteiger partial charge on any atom is 0.433 e. The van der Waals surface area contributed by atoms with Gasteiger partial charge >= 0.3 is 11.8 Å². The summed E-state index contributed by atoms with van der Waals surface area (Å²) >= 11 is 0. The standard InChI is InChI=1S/C14H13F3N4O4/c1-6-4-9(22)11(13(24)25-6)7(2)18-19-12(23)8-5-10(14(15,16)17)21(3)20-8/h4-5,22H,1-3H3,(H,19,23)/b18-7-. The Hall–Kier alpha value is -3.11. The summed E-state index contributed by atoms with van der Waals surface area (Å²) in [5.41, 5.74) is -0.874. The van der Waals surface area contributed by atoms with Gasteiger partial charge in [0.15, 0.2) is 5.69 Å². The molecule has 1 amide bonds. The molecule has 0 fully saturated rings. The minimum Gasteiger partial charge on any atom is -0.507 e. The average Bonchev–Trinajstić information content (AvgIpc) is 2.85. The first-order valence-electron chi connectivity index (χ1n) is 6.80. The lowest BCUT2D eigenvalue weighted by Gasteiger charge is -2.04. The zero-order valence-electron chi connectivity index (χ0n) is 13.3. The molecular weight excluding hydrogens is 345 g/mol. The third-order valence-electron chi connectivity index (χ3n) is 3.14. The van der Waals surface area contributed by atoms with Crippen molar-refractivity contribution in [2.75, 3.05) is 0 Å². The smallest absolute Gasteiger partial charge is 0.433 e. The number of aromatic nitrogens is 2. The van der Waals surface area contributed by atoms with Gasteiger partial charge < -0.3 is 9.52 Å². The van der Waals surface area contributed by atoms with Crippen molar-refractivity contribution in [3.8, 4) is 5.75 Å². The highest BCUT2D eigenvalue weighted by Gasteiger charge is 2.35. The summed E-state index contributed by atoms with van der Waals surface area (Å²) in [6, 6.07) is 1.75. The second kappa shape index (κ2) is 6.42. The molecule has 0 radical (unpaired) electrons. The first-order chi connectivity index (χ1) is 11.5. The van der Waals surface area contributed by atoms with E-state index in [0.717, 1.165) is 7.05 Å². The van der Waals surface area contributed by atoms with Gasteiger partial charge in [-0.1, -0.05) is 0 Å². The predicted molar refractivity (Wildman–Crippen MR) is 79.3 cm³/mol. The highest BCUT2D eigenvalue weighted by molar-refractivity contribution is 6.01. The fourth-order valence-corrected chi connectivity index (χ4v) is 2.02. The molecule has 134 valence electrons. The molecule has 2 heterocycles. The maximum absolute atomic E-state index is 12.7. The van der Waals surface area contributed by atoms with Crippen molar-refractivity contribution in [1.29, 1.82) is 0 Å². The Morgan fingerprint density at radius 1 is 1.40 bits per heavy atom. The number of halogens is 3. The molecule has 0 spiro atoms. The van der Waals surface area contributed by atoms with Crippen molar-refractivity contribution in [3.05, 3.63) is 45.3 Å². The third kappa shape index (κ3) is 3.87. The minimum atomic E-state index is -4.66. The van der Waals surface area contributed by atoms with E-state index in [0.29, 0.717) is 10.7 Å². The molecule has 2 rings (SSSR count). The number of nitrogens with zero attached hydrogens (tertiary/aromatic N) is 3. The lowest BCUT2D eigenvalue weighted by molar-refractivity contribution is -0.143. The van der Waals surface area contributed by atoms with E-state index >= 15 is 0 Å². The van der Waals surface area contributed by atoms with E-state index in [2.05, 4.69) is 10.2 Å². The van der Waals surface area contributed by atoms with Gasteiger partial charge in [0.05, 0.1) is 5.71 Å². The maximum atomic E-state index is 12.7. The molecule has 2 aromatic rings. The van der Waals surface area contributed by atoms with Crippen LogP contribution in [-0.4, -0.2) is 26.5 Å². The van der Waals surface area contributed by atoms with E-state index in [1.165, 1.54) is 19.9 Å². The lowest BCUT2D eigenvalue weighted by atomic mass is 10.2. The molecule has 0 bridgehead atoms. The largest absolute Gasteiger partial charge is 0.507 e. The van der Waals surface area contributed by atoms with Crippen LogP contribution in [0, 0.1) is 6.92 Å². The number of rotatable bonds is 3. The van der Waals surface area contributed by atoms with Gasteiger partial charge in [0.2, 0.25) is 0 Å². The van der Waals surface area contributed by atoms with E-state index in [-0.39, 0.29) is 17.0 Å². The highest BCUT2D eigenvalue weighted by atomic mass is 19.4. The van der Waals surface area contributed by atoms with E-state index in [9.17, 15) is 27.9 Å². The van der Waals surface area contributed by atoms with Gasteiger partial charge in [-0.2, -0.15) is 23.4 Å². The quantitative estimate of drug-likeness (QED) is 0.639. The summed E-state index contributed by atoms with van der Waals surface area (Å²) in [6.07, 6.45) is -4.66. The molecule has 0 unspecified atom stereocenters. The fraction of sp³-hybridized carbons (Fsp3) is 0.286. The number of alkyl halides is 3. The van der Waals surface area contributed by atoms with Gasteiger partial charge in [0, 0.05) is 19.2 Å². The van der Waals surface area contributed by atoms with Crippen LogP contribution in [0.1, 0.15) is 34.4 Å². The van der Waals surface area contributed by atoms with Crippen LogP contribution in [0.15, 0.2) is 26.4 Å². The summed E-state index contributed by atoms with van der Waals surface area (Å²) in [7, 11) is 1.05. The van der Waals surface area contributed by atoms with Crippen LogP contribution in [0.3, 0.4) is 0 Å². The number of hydrazone groups is 1. The number of hydrogen-bond acceptors (Lipinski definition) is 6. The van der Waals surface area contributed by atoms with Gasteiger partial charge in [-0.15, -0.1) is 0 Å². The number of amides is 1. The second-order valence-electron chi connectivity index (χ2n) is 5.08. The molecule has 11 heteroatoms. The second-order valence-corrected chi connectivity index (χ2v) is 5.08. The van der Waals surface area contributed by atoms with Crippen molar-refractivity contribution in [2.45, 2.75) is 20.0 Å². The molecule has 25 heavy (non-hydrogen) atoms. The van der Waals surface area contributed by atoms with Gasteiger partial charge in [-0.3, -0.25) is 9.48 Å². The molecule has 8 nitrogen and oxygen atoms in total. The van der Waals surface area contributed by atoms with E-state index in [1.807, 2.05) is 5.43 Å². The van der Waals surface area contributed by atoms with Crippen LogP contribution in [0.2, 0.25) is 0 Å². The van der Waals surface area contributed by atoms with Gasteiger partial charge in [-0.05, 0) is 13.8 Å². The van der Waals surface area contributed by atoms with E-state index < -0.39 is 34.8 Å². The predicted octanol–water partition coefficient (Wildman–Crippen LogP) is 1.56. The van der Waals surface area contributed by atoms with Gasteiger partial charge in [0.25, 0.3) is 5.91 Å². The van der Waals surface area contributed by atoms with Crippen LogP contribution in [0.25, 0.3) is 0 Å². The Morgan fingerprint density at radius 3 is 2.56 bits per heavy atom. The molecular formula is C14H13F3N4O4. The first-order valence-corrected chi connectivity index (χ1v) is 6.80. The molecule has 2 N–H and O–H groups in total. The summed E-state index contributed by atoms with van der Waals surface area (Å²) in [5.74, 6) is -1.24. The Labute approximate surface area is 138 Å². The third-order valence-corrected chi connectivity index (χ3v) is 3.14. The van der Waals surface area contributed by atoms with Crippen molar-refractivity contribution in [2.24, 2.45) is 12.1 Å². The van der Waals surface area contributed by atoms with Crippen LogP contribution in [-0.2, 0) is 13.2 Å². The molecule has 0 aliphatic carbocycles. The molecule has 0 aromatic carbocycles. The van der Waals surface area contributed by atoms with E-state index in [4.69, 9.17) is 4.42 Å². The Kier molecular flexibility index (Phi) is 4.68. The molecule has 0 atom stereocenters. The normalized spacial score (nSPS) is 12.3. The number of carbonyl (C=O) groups is 1. The number of hydrogen-bond donors (Lipinski definition) is 2. The highest BCUT2D eigenvalue weighted by Crippen LogP contribution is 2.29. The van der Waals surface area contributed by atoms with Crippen molar-refractivity contribution >= 4 is 11.6 Å². The SMILES string of the molecule is C/C(=N/NC(=O)c1cc(C(F)(F)F)n(C)n1)c1c(O)cc(C)oc1=O. The average molecular weight is 358 g/mol. The molecule has 2 aromatic heterocycles. The molecule has 0 aliphatic rings. The number of nitrogens with one attached hydrogen (secondary N) is 1. The topological polar surface area (TPSA) is 110 Å². The Balaban J connectivity index is 2.25. The van der Waals surface area contributed by atoms with Crippen molar-refractivity contribution < 1.29 is 27.5 Å². The number of carbonyl (C=O) groups excluding carboxylic acids is 1. The number of aryl methyl sites for hydroxylation is 2. The van der Waals surface area contributed by atoms with Crippen LogP contribution in [0.5, 0.6) is 5.75 Å². The van der Waals surface area contributed by atoms with Crippen LogP contribution >= 0.6 is 0 Å². The fourth-order valence-electron chi connectivity index (χ4n) is 2.02. The van der Waals surface area contributed by atoms with Crippen LogP contribution < -0.4 is 11.1 Å². The zero-order valence-corrected chi connectivity index (χ0v) is 13.3. The Bertz CT molecular complexity index is 912. The summed E-state index contributed by atoms with van der Waals surface area (Å²) in [6.45, 7) is 2.76. The minimum absolute atomic E-state index is 0.0911. The summed E-state index contributed by atoms with van der Waals surface area (Å²) in [4.78, 5) is 23.6. The lowest BCUT2D eigenvalue weighted by Crippen LogP contribution is -2.22. The van der Waals surface area contributed by atoms with Crippen LogP contribution in [0.4, 0.5) is 13.2 Å². The van der Waals surface area contributed by atoms with Crippen molar-refractivity contribution in [1.82, 2.24) is 15.2 Å². The summed E-state index contributed by atoms with van der Waals surface area (Å²) < 4.78 is 43.4. The van der Waals surface area contributed by atoms with E-state index in [1.54, 1.807) is 0 Å². The zero-order chi connectivity index (χ0) is 18.9. The summed E-state index contributed by atoms with van der Waals surface area (Å²) in [5, 5.41) is 16.8. The van der Waals surface area contributed by atoms with Gasteiger partial charge in [-0.25, -0.2) is 10.2 Å². The van der Waals surface area contributed by atoms with Crippen molar-refractivity contribution in [3.63, 3.8) is 0 Å². The molecule has 0 saturated heterocycles. The molecule has 0 aliphatic heterocycles. The Morgan fingerprint density at radius 2 is 2.04 bits per heavy atom. The number of aromatic hydroxyl groups is 1.